The van der Waals surface area contributed by atoms with Crippen molar-refractivity contribution in [2.45, 2.75) is 51.2 Å². The van der Waals surface area contributed by atoms with Gasteiger partial charge in [-0.05, 0) is 39.5 Å². The Morgan fingerprint density at radius 3 is 2.29 bits per heavy atom. The molecule has 2 rings (SSSR count). The average molecular weight is 324 g/mol. The van der Waals surface area contributed by atoms with Crippen molar-refractivity contribution in [2.24, 2.45) is 17.8 Å². The van der Waals surface area contributed by atoms with E-state index in [0.29, 0.717) is 0 Å². The van der Waals surface area contributed by atoms with Crippen molar-refractivity contribution in [1.82, 2.24) is 5.32 Å². The molecule has 2 aliphatic carbocycles. The molecule has 3 unspecified atom stereocenters. The highest BCUT2D eigenvalue weighted by atomic mass is 35.5. The molecular weight excluding hydrogens is 304 g/mol. The second kappa shape index (κ2) is 5.38. The number of ketones is 1. The standard InChI is InChI=1S/C14H20ClF2NO3/c1-13(2,3)21-12(20)18-11(10(19)6-15)7-4-8-9(5-7)14(8,16)17/h7-9,11H,4-6H2,1-3H3,(H,18,20). The molecule has 2 fully saturated rings. The summed E-state index contributed by atoms with van der Waals surface area (Å²) in [5.74, 6) is -4.84. The van der Waals surface area contributed by atoms with Gasteiger partial charge in [0.25, 0.3) is 5.92 Å². The molecule has 0 aromatic rings. The molecule has 2 aliphatic rings. The van der Waals surface area contributed by atoms with Gasteiger partial charge in [0.1, 0.15) is 5.60 Å². The van der Waals surface area contributed by atoms with Gasteiger partial charge >= 0.3 is 6.09 Å². The van der Waals surface area contributed by atoms with E-state index in [9.17, 15) is 18.4 Å². The van der Waals surface area contributed by atoms with E-state index in [1.54, 1.807) is 20.8 Å². The highest BCUT2D eigenvalue weighted by molar-refractivity contribution is 6.28. The van der Waals surface area contributed by atoms with E-state index in [0.717, 1.165) is 0 Å². The van der Waals surface area contributed by atoms with Crippen molar-refractivity contribution in [3.8, 4) is 0 Å². The number of carbonyl (C=O) groups is 2. The maximum atomic E-state index is 13.2. The Bertz CT molecular complexity index is 436. The lowest BCUT2D eigenvalue weighted by Crippen LogP contribution is -2.48. The maximum absolute atomic E-state index is 13.2. The summed E-state index contributed by atoms with van der Waals surface area (Å²) in [6, 6.07) is -0.846. The molecule has 0 bridgehead atoms. The Labute approximate surface area is 127 Å². The second-order valence-corrected chi connectivity index (χ2v) is 7.11. The molecule has 3 atom stereocenters. The van der Waals surface area contributed by atoms with Crippen LogP contribution in [0.25, 0.3) is 0 Å². The number of fused-ring (bicyclic) bond motifs is 1. The zero-order valence-electron chi connectivity index (χ0n) is 12.3. The lowest BCUT2D eigenvalue weighted by molar-refractivity contribution is -0.120. The van der Waals surface area contributed by atoms with E-state index < -0.39 is 35.5 Å². The first kappa shape index (κ1) is 16.5. The minimum atomic E-state index is -2.60. The number of carbonyl (C=O) groups excluding carboxylic acids is 2. The first-order chi connectivity index (χ1) is 9.56. The first-order valence-corrected chi connectivity index (χ1v) is 7.55. The fraction of sp³-hybridized carbons (Fsp3) is 0.857. The minimum Gasteiger partial charge on any atom is -0.444 e. The lowest BCUT2D eigenvalue weighted by atomic mass is 9.91. The predicted molar refractivity (Wildman–Crippen MR) is 73.5 cm³/mol. The molecule has 0 aromatic heterocycles. The van der Waals surface area contributed by atoms with Crippen molar-refractivity contribution in [1.29, 1.82) is 0 Å². The van der Waals surface area contributed by atoms with Crippen LogP contribution in [0.4, 0.5) is 13.6 Å². The van der Waals surface area contributed by atoms with Crippen LogP contribution in [0.3, 0.4) is 0 Å². The van der Waals surface area contributed by atoms with Gasteiger partial charge in [-0.2, -0.15) is 0 Å². The Morgan fingerprint density at radius 1 is 1.33 bits per heavy atom. The normalized spacial score (nSPS) is 31.2. The molecule has 1 N–H and O–H groups in total. The van der Waals surface area contributed by atoms with E-state index in [2.05, 4.69) is 5.32 Å². The Hall–Kier alpha value is -0.910. The fourth-order valence-electron chi connectivity index (χ4n) is 3.10. The molecule has 7 heteroatoms. The van der Waals surface area contributed by atoms with Crippen LogP contribution in [-0.2, 0) is 9.53 Å². The van der Waals surface area contributed by atoms with Crippen LogP contribution in [-0.4, -0.2) is 35.3 Å². The van der Waals surface area contributed by atoms with E-state index >= 15 is 0 Å². The van der Waals surface area contributed by atoms with Gasteiger partial charge in [-0.1, -0.05) is 0 Å². The molecule has 120 valence electrons. The number of halogens is 3. The zero-order valence-corrected chi connectivity index (χ0v) is 13.0. The number of Topliss-reactive ketones (excluding diaryl/α,β-unsaturated/α-hetero) is 1. The monoisotopic (exact) mass is 323 g/mol. The summed E-state index contributed by atoms with van der Waals surface area (Å²) in [7, 11) is 0. The first-order valence-electron chi connectivity index (χ1n) is 7.02. The molecule has 4 nitrogen and oxygen atoms in total. The van der Waals surface area contributed by atoms with E-state index in [1.165, 1.54) is 0 Å². The molecule has 0 spiro atoms. The molecule has 1 amide bonds. The molecule has 2 saturated carbocycles. The number of rotatable bonds is 4. The fourth-order valence-corrected chi connectivity index (χ4v) is 3.27. The van der Waals surface area contributed by atoms with Gasteiger partial charge in [-0.3, -0.25) is 4.79 Å². The van der Waals surface area contributed by atoms with Gasteiger partial charge in [-0.15, -0.1) is 11.6 Å². The smallest absolute Gasteiger partial charge is 0.408 e. The van der Waals surface area contributed by atoms with Crippen LogP contribution in [0.15, 0.2) is 0 Å². The highest BCUT2D eigenvalue weighted by Gasteiger charge is 2.72. The number of alkyl carbamates (subject to hydrolysis) is 1. The molecule has 0 heterocycles. The summed E-state index contributed by atoms with van der Waals surface area (Å²) in [5, 5.41) is 2.49. The number of amides is 1. The molecule has 0 radical (unpaired) electrons. The van der Waals surface area contributed by atoms with Gasteiger partial charge in [-0.25, -0.2) is 13.6 Å². The van der Waals surface area contributed by atoms with Gasteiger partial charge in [0, 0.05) is 11.8 Å². The number of hydrogen-bond donors (Lipinski definition) is 1. The zero-order chi connectivity index (χ0) is 16.0. The van der Waals surface area contributed by atoms with Crippen molar-refractivity contribution in [2.75, 3.05) is 5.88 Å². The van der Waals surface area contributed by atoms with E-state index in [1.807, 2.05) is 0 Å². The summed E-state index contributed by atoms with van der Waals surface area (Å²) in [4.78, 5) is 23.7. The third kappa shape index (κ3) is 3.47. The summed E-state index contributed by atoms with van der Waals surface area (Å²) in [5.41, 5.74) is -0.691. The highest BCUT2D eigenvalue weighted by Crippen LogP contribution is 2.66. The summed E-state index contributed by atoms with van der Waals surface area (Å²) in [6.07, 6.45) is -0.250. The van der Waals surface area contributed by atoms with Crippen molar-refractivity contribution >= 4 is 23.5 Å². The molecular formula is C14H20ClF2NO3. The SMILES string of the molecule is CC(C)(C)OC(=O)NC(C(=O)CCl)C1CC2C(C1)C2(F)F. The van der Waals surface area contributed by atoms with Crippen LogP contribution in [0.5, 0.6) is 0 Å². The number of ether oxygens (including phenoxy) is 1. The summed E-state index contributed by atoms with van der Waals surface area (Å²) in [6.45, 7) is 5.11. The maximum Gasteiger partial charge on any atom is 0.408 e. The van der Waals surface area contributed by atoms with Gasteiger partial charge in [0.2, 0.25) is 0 Å². The quantitative estimate of drug-likeness (QED) is 0.809. The van der Waals surface area contributed by atoms with Crippen LogP contribution in [0.1, 0.15) is 33.6 Å². The van der Waals surface area contributed by atoms with E-state index in [4.69, 9.17) is 16.3 Å². The Balaban J connectivity index is 1.97. The van der Waals surface area contributed by atoms with Crippen molar-refractivity contribution < 1.29 is 23.1 Å². The predicted octanol–water partition coefficient (Wildman–Crippen LogP) is 2.98. The average Bonchev–Trinajstić information content (AvgIpc) is 2.75. The molecule has 0 aromatic carbocycles. The topological polar surface area (TPSA) is 55.4 Å². The number of nitrogens with one attached hydrogen (secondary N) is 1. The van der Waals surface area contributed by atoms with Crippen LogP contribution < -0.4 is 5.32 Å². The Morgan fingerprint density at radius 2 is 1.86 bits per heavy atom. The van der Waals surface area contributed by atoms with Gasteiger partial charge in [0.05, 0.1) is 11.9 Å². The van der Waals surface area contributed by atoms with Crippen molar-refractivity contribution in [3.63, 3.8) is 0 Å². The molecule has 0 saturated heterocycles. The third-order valence-electron chi connectivity index (χ3n) is 4.10. The molecule has 21 heavy (non-hydrogen) atoms. The van der Waals surface area contributed by atoms with E-state index in [-0.39, 0.29) is 30.4 Å². The van der Waals surface area contributed by atoms with Crippen LogP contribution in [0.2, 0.25) is 0 Å². The van der Waals surface area contributed by atoms with Gasteiger partial charge in [0.15, 0.2) is 5.78 Å². The largest absolute Gasteiger partial charge is 0.444 e. The summed E-state index contributed by atoms with van der Waals surface area (Å²) < 4.78 is 31.6. The Kier molecular flexibility index (Phi) is 4.21. The number of alkyl halides is 3. The third-order valence-corrected chi connectivity index (χ3v) is 4.36. The second-order valence-electron chi connectivity index (χ2n) is 6.84. The lowest BCUT2D eigenvalue weighted by Gasteiger charge is -2.27. The van der Waals surface area contributed by atoms with Gasteiger partial charge < -0.3 is 10.1 Å². The van der Waals surface area contributed by atoms with Crippen LogP contribution in [0, 0.1) is 17.8 Å². The van der Waals surface area contributed by atoms with Crippen molar-refractivity contribution in [3.05, 3.63) is 0 Å². The summed E-state index contributed by atoms with van der Waals surface area (Å²) >= 11 is 5.56. The minimum absolute atomic E-state index is 0.237. The number of hydrogen-bond acceptors (Lipinski definition) is 3. The van der Waals surface area contributed by atoms with Crippen LogP contribution >= 0.6 is 11.6 Å². The molecule has 0 aliphatic heterocycles.